The van der Waals surface area contributed by atoms with E-state index >= 15 is 0 Å². The molecule has 0 saturated heterocycles. The zero-order valence-electron chi connectivity index (χ0n) is 12.1. The Labute approximate surface area is 129 Å². The minimum atomic E-state index is 0.457. The fourth-order valence-corrected chi connectivity index (χ4v) is 2.33. The molecular formula is C17H20BrNO. The van der Waals surface area contributed by atoms with Crippen LogP contribution in [-0.2, 0) is 6.54 Å². The first-order chi connectivity index (χ1) is 9.60. The molecule has 2 aromatic rings. The highest BCUT2D eigenvalue weighted by Gasteiger charge is 2.07. The lowest BCUT2D eigenvalue weighted by Gasteiger charge is -2.14. The van der Waals surface area contributed by atoms with Crippen molar-refractivity contribution in [2.75, 3.05) is 7.11 Å². The van der Waals surface area contributed by atoms with Gasteiger partial charge in [-0.1, -0.05) is 48.0 Å². The van der Waals surface area contributed by atoms with Crippen LogP contribution in [0.25, 0.3) is 11.1 Å². The summed E-state index contributed by atoms with van der Waals surface area (Å²) in [5.74, 6) is 0.895. The molecule has 0 amide bonds. The Bertz CT molecular complexity index is 564. The van der Waals surface area contributed by atoms with Gasteiger partial charge in [0.15, 0.2) is 0 Å². The zero-order chi connectivity index (χ0) is 14.5. The van der Waals surface area contributed by atoms with Gasteiger partial charge in [-0.2, -0.15) is 0 Å². The maximum absolute atomic E-state index is 5.34. The highest BCUT2D eigenvalue weighted by molar-refractivity contribution is 9.10. The quantitative estimate of drug-likeness (QED) is 0.861. The first-order valence-electron chi connectivity index (χ1n) is 6.76. The van der Waals surface area contributed by atoms with Crippen LogP contribution in [0.15, 0.2) is 46.9 Å². The second-order valence-corrected chi connectivity index (χ2v) is 5.98. The molecule has 0 aliphatic rings. The van der Waals surface area contributed by atoms with Crippen LogP contribution in [0.4, 0.5) is 0 Å². The van der Waals surface area contributed by atoms with E-state index in [1.807, 2.05) is 6.07 Å². The van der Waals surface area contributed by atoms with Crippen molar-refractivity contribution in [3.8, 4) is 16.9 Å². The van der Waals surface area contributed by atoms with Crippen LogP contribution in [0.1, 0.15) is 19.4 Å². The largest absolute Gasteiger partial charge is 0.497 e. The third-order valence-electron chi connectivity index (χ3n) is 3.17. The Balaban J connectivity index is 2.37. The van der Waals surface area contributed by atoms with Crippen molar-refractivity contribution in [1.82, 2.24) is 5.32 Å². The fraction of sp³-hybridized carbons (Fsp3) is 0.294. The van der Waals surface area contributed by atoms with E-state index in [1.165, 1.54) is 16.7 Å². The van der Waals surface area contributed by atoms with Crippen molar-refractivity contribution in [2.45, 2.75) is 26.4 Å². The highest BCUT2D eigenvalue weighted by Crippen LogP contribution is 2.28. The molecular weight excluding hydrogens is 314 g/mol. The molecule has 3 heteroatoms. The summed E-state index contributed by atoms with van der Waals surface area (Å²) in [6, 6.07) is 15.1. The molecule has 20 heavy (non-hydrogen) atoms. The lowest BCUT2D eigenvalue weighted by Crippen LogP contribution is -2.22. The van der Waals surface area contributed by atoms with Crippen LogP contribution in [-0.4, -0.2) is 13.2 Å². The molecule has 0 aliphatic carbocycles. The van der Waals surface area contributed by atoms with Gasteiger partial charge in [-0.15, -0.1) is 0 Å². The van der Waals surface area contributed by atoms with Gasteiger partial charge in [-0.3, -0.25) is 0 Å². The molecule has 0 aliphatic heterocycles. The summed E-state index contributed by atoms with van der Waals surface area (Å²) in [6.45, 7) is 5.14. The van der Waals surface area contributed by atoms with Crippen LogP contribution in [0, 0.1) is 0 Å². The molecule has 0 aromatic heterocycles. The lowest BCUT2D eigenvalue weighted by atomic mass is 9.99. The molecule has 1 N–H and O–H groups in total. The van der Waals surface area contributed by atoms with Gasteiger partial charge < -0.3 is 10.1 Å². The second-order valence-electron chi connectivity index (χ2n) is 5.07. The van der Waals surface area contributed by atoms with Gasteiger partial charge >= 0.3 is 0 Å². The first-order valence-corrected chi connectivity index (χ1v) is 7.55. The highest BCUT2D eigenvalue weighted by atomic mass is 79.9. The van der Waals surface area contributed by atoms with E-state index in [0.29, 0.717) is 6.04 Å². The van der Waals surface area contributed by atoms with Gasteiger partial charge in [0, 0.05) is 17.1 Å². The van der Waals surface area contributed by atoms with Gasteiger partial charge in [0.2, 0.25) is 0 Å². The van der Waals surface area contributed by atoms with Gasteiger partial charge in [-0.05, 0) is 41.0 Å². The number of benzene rings is 2. The third kappa shape index (κ3) is 3.84. The molecule has 0 spiro atoms. The Morgan fingerprint density at radius 1 is 1.10 bits per heavy atom. The molecule has 0 radical (unpaired) electrons. The normalized spacial score (nSPS) is 10.8. The summed E-state index contributed by atoms with van der Waals surface area (Å²) in [4.78, 5) is 0. The van der Waals surface area contributed by atoms with Gasteiger partial charge in [0.25, 0.3) is 0 Å². The predicted molar refractivity (Wildman–Crippen MR) is 88.1 cm³/mol. The molecule has 0 heterocycles. The van der Waals surface area contributed by atoms with E-state index in [0.717, 1.165) is 16.8 Å². The Morgan fingerprint density at radius 3 is 2.40 bits per heavy atom. The molecule has 0 bridgehead atoms. The van der Waals surface area contributed by atoms with Crippen LogP contribution in [0.5, 0.6) is 5.75 Å². The first kappa shape index (κ1) is 15.1. The van der Waals surface area contributed by atoms with E-state index in [1.54, 1.807) is 7.11 Å². The Hall–Kier alpha value is -1.32. The van der Waals surface area contributed by atoms with Crippen LogP contribution < -0.4 is 10.1 Å². The minimum Gasteiger partial charge on any atom is -0.497 e. The lowest BCUT2D eigenvalue weighted by molar-refractivity contribution is 0.414. The van der Waals surface area contributed by atoms with Crippen LogP contribution in [0.2, 0.25) is 0 Å². The number of halogens is 1. The minimum absolute atomic E-state index is 0.457. The molecule has 0 fully saturated rings. The maximum Gasteiger partial charge on any atom is 0.119 e. The maximum atomic E-state index is 5.34. The third-order valence-corrected chi connectivity index (χ3v) is 3.70. The molecule has 2 aromatic carbocycles. The Kier molecular flexibility index (Phi) is 5.21. The average Bonchev–Trinajstić information content (AvgIpc) is 2.45. The van der Waals surface area contributed by atoms with Crippen LogP contribution in [0.3, 0.4) is 0 Å². The summed E-state index contributed by atoms with van der Waals surface area (Å²) in [5.41, 5.74) is 3.71. The summed E-state index contributed by atoms with van der Waals surface area (Å²) < 4.78 is 6.43. The van der Waals surface area contributed by atoms with E-state index in [9.17, 15) is 0 Å². The van der Waals surface area contributed by atoms with Crippen molar-refractivity contribution >= 4 is 15.9 Å². The van der Waals surface area contributed by atoms with E-state index < -0.39 is 0 Å². The topological polar surface area (TPSA) is 21.3 Å². The number of methoxy groups -OCH3 is 1. The molecule has 2 nitrogen and oxygen atoms in total. The van der Waals surface area contributed by atoms with E-state index in [-0.39, 0.29) is 0 Å². The summed E-state index contributed by atoms with van der Waals surface area (Å²) in [5, 5.41) is 3.47. The monoisotopic (exact) mass is 333 g/mol. The number of hydrogen-bond acceptors (Lipinski definition) is 2. The van der Waals surface area contributed by atoms with Gasteiger partial charge in [0.05, 0.1) is 7.11 Å². The smallest absolute Gasteiger partial charge is 0.119 e. The van der Waals surface area contributed by atoms with Crippen molar-refractivity contribution in [1.29, 1.82) is 0 Å². The standard InChI is InChI=1S/C17H20BrNO/c1-12(2)19-11-14-10-16(20-3)8-9-17(14)13-4-6-15(18)7-5-13/h4-10,12,19H,11H2,1-3H3. The van der Waals surface area contributed by atoms with Crippen molar-refractivity contribution < 1.29 is 4.74 Å². The number of ether oxygens (including phenoxy) is 1. The van der Waals surface area contributed by atoms with Crippen molar-refractivity contribution in [3.05, 3.63) is 52.5 Å². The van der Waals surface area contributed by atoms with E-state index in [4.69, 9.17) is 4.74 Å². The molecule has 0 unspecified atom stereocenters. The molecule has 2 rings (SSSR count). The fourth-order valence-electron chi connectivity index (χ4n) is 2.07. The van der Waals surface area contributed by atoms with Crippen LogP contribution >= 0.6 is 15.9 Å². The summed E-state index contributed by atoms with van der Waals surface area (Å²) >= 11 is 3.48. The Morgan fingerprint density at radius 2 is 1.80 bits per heavy atom. The average molecular weight is 334 g/mol. The molecule has 0 saturated carbocycles. The van der Waals surface area contributed by atoms with Gasteiger partial charge in [0.1, 0.15) is 5.75 Å². The summed E-state index contributed by atoms with van der Waals surface area (Å²) in [7, 11) is 1.70. The number of hydrogen-bond donors (Lipinski definition) is 1. The van der Waals surface area contributed by atoms with Crippen molar-refractivity contribution in [2.24, 2.45) is 0 Å². The second kappa shape index (κ2) is 6.91. The van der Waals surface area contributed by atoms with Crippen molar-refractivity contribution in [3.63, 3.8) is 0 Å². The zero-order valence-corrected chi connectivity index (χ0v) is 13.7. The SMILES string of the molecule is COc1ccc(-c2ccc(Br)cc2)c(CNC(C)C)c1. The molecule has 0 atom stereocenters. The number of nitrogens with one attached hydrogen (secondary N) is 1. The number of rotatable bonds is 5. The van der Waals surface area contributed by atoms with E-state index in [2.05, 4.69) is 71.5 Å². The summed E-state index contributed by atoms with van der Waals surface area (Å²) in [6.07, 6.45) is 0. The predicted octanol–water partition coefficient (Wildman–Crippen LogP) is 4.62. The van der Waals surface area contributed by atoms with Gasteiger partial charge in [-0.25, -0.2) is 0 Å². The molecule has 106 valence electrons.